The molecule has 1 aromatic carbocycles. The molecule has 2 N–H and O–H groups in total. The molecule has 0 aliphatic rings. The number of carbonyl (C=O) groups excluding carboxylic acids is 1. The summed E-state index contributed by atoms with van der Waals surface area (Å²) in [6.07, 6.45) is 2.03. The molecular weight excluding hydrogens is 486 g/mol. The minimum Gasteiger partial charge on any atom is -0.444 e. The minimum absolute atomic E-state index is 0.0501. The van der Waals surface area contributed by atoms with Gasteiger partial charge < -0.3 is 15.4 Å². The van der Waals surface area contributed by atoms with Crippen LogP contribution in [0.15, 0.2) is 53.5 Å². The molecule has 0 bridgehead atoms. The summed E-state index contributed by atoms with van der Waals surface area (Å²) in [5, 5.41) is 7.29. The van der Waals surface area contributed by atoms with Crippen molar-refractivity contribution >= 4 is 37.9 Å². The standard InChI is InChI=1S/C28H35N5O3S/c1-18(2)21(29-15-10-16-31-27(35)36-28(3,4)5)24-32-22-20-13-9-14-30-25(20)37-23(22)26(34)33(24)17-19-11-7-6-8-12-19/h6-9,11-14,18,21,29H,10,15-17H2,1-5H3,(H,31,35). The van der Waals surface area contributed by atoms with Crippen molar-refractivity contribution in [2.24, 2.45) is 5.92 Å². The summed E-state index contributed by atoms with van der Waals surface area (Å²) in [4.78, 5) is 36.1. The van der Waals surface area contributed by atoms with Gasteiger partial charge in [0.1, 0.15) is 21.0 Å². The normalized spacial score (nSPS) is 12.8. The summed E-state index contributed by atoms with van der Waals surface area (Å²) in [5.74, 6) is 0.883. The number of aromatic nitrogens is 3. The van der Waals surface area contributed by atoms with Gasteiger partial charge in [-0.2, -0.15) is 0 Å². The molecule has 3 aromatic heterocycles. The van der Waals surface area contributed by atoms with E-state index in [0.717, 1.165) is 15.8 Å². The lowest BCUT2D eigenvalue weighted by atomic mass is 10.0. The van der Waals surface area contributed by atoms with E-state index >= 15 is 0 Å². The first-order valence-corrected chi connectivity index (χ1v) is 13.5. The molecule has 1 atom stereocenters. The summed E-state index contributed by atoms with van der Waals surface area (Å²) in [7, 11) is 0. The predicted octanol–water partition coefficient (Wildman–Crippen LogP) is 5.26. The Hall–Kier alpha value is -3.30. The number of carbonyl (C=O) groups is 1. The fourth-order valence-electron chi connectivity index (χ4n) is 4.21. The van der Waals surface area contributed by atoms with Crippen LogP contribution >= 0.6 is 11.3 Å². The SMILES string of the molecule is CC(C)C(NCCCNC(=O)OC(C)(C)C)c1nc2c(sc3ncccc32)c(=O)n1Cc1ccccc1. The maximum atomic E-state index is 13.8. The molecule has 0 radical (unpaired) electrons. The fourth-order valence-corrected chi connectivity index (χ4v) is 5.24. The molecule has 0 aliphatic carbocycles. The van der Waals surface area contributed by atoms with Gasteiger partial charge in [0.05, 0.1) is 18.1 Å². The Balaban J connectivity index is 1.62. The predicted molar refractivity (Wildman–Crippen MR) is 149 cm³/mol. The number of amides is 1. The zero-order valence-corrected chi connectivity index (χ0v) is 22.9. The highest BCUT2D eigenvalue weighted by Crippen LogP contribution is 2.31. The van der Waals surface area contributed by atoms with Gasteiger partial charge in [0.25, 0.3) is 5.56 Å². The van der Waals surface area contributed by atoms with Gasteiger partial charge in [-0.25, -0.2) is 14.8 Å². The Bertz CT molecular complexity index is 1420. The quantitative estimate of drug-likeness (QED) is 0.292. The van der Waals surface area contributed by atoms with Crippen LogP contribution < -0.4 is 16.2 Å². The number of benzene rings is 1. The van der Waals surface area contributed by atoms with Crippen molar-refractivity contribution in [3.8, 4) is 0 Å². The van der Waals surface area contributed by atoms with Crippen molar-refractivity contribution in [2.45, 2.75) is 59.2 Å². The molecule has 4 rings (SSSR count). The highest BCUT2D eigenvalue weighted by atomic mass is 32.1. The van der Waals surface area contributed by atoms with Gasteiger partial charge in [-0.3, -0.25) is 9.36 Å². The maximum absolute atomic E-state index is 13.8. The van der Waals surface area contributed by atoms with Crippen LogP contribution in [0.1, 0.15) is 58.5 Å². The Morgan fingerprint density at radius 3 is 2.57 bits per heavy atom. The van der Waals surface area contributed by atoms with E-state index in [0.29, 0.717) is 42.1 Å². The first-order valence-electron chi connectivity index (χ1n) is 12.7. The fraction of sp³-hybridized carbons (Fsp3) is 0.429. The van der Waals surface area contributed by atoms with Crippen LogP contribution in [0.2, 0.25) is 0 Å². The smallest absolute Gasteiger partial charge is 0.407 e. The van der Waals surface area contributed by atoms with Crippen molar-refractivity contribution in [3.63, 3.8) is 0 Å². The Morgan fingerprint density at radius 2 is 1.86 bits per heavy atom. The lowest BCUT2D eigenvalue weighted by Gasteiger charge is -2.25. The third-order valence-corrected chi connectivity index (χ3v) is 6.99. The number of ether oxygens (including phenoxy) is 1. The number of hydrogen-bond acceptors (Lipinski definition) is 7. The summed E-state index contributed by atoms with van der Waals surface area (Å²) in [5.41, 5.74) is 1.16. The van der Waals surface area contributed by atoms with Gasteiger partial charge in [-0.05, 0) is 57.4 Å². The molecule has 9 heteroatoms. The lowest BCUT2D eigenvalue weighted by Crippen LogP contribution is -2.37. The number of rotatable bonds is 9. The van der Waals surface area contributed by atoms with E-state index in [-0.39, 0.29) is 17.5 Å². The largest absolute Gasteiger partial charge is 0.444 e. The monoisotopic (exact) mass is 521 g/mol. The number of nitrogens with zero attached hydrogens (tertiary/aromatic N) is 3. The average molecular weight is 522 g/mol. The molecule has 3 heterocycles. The van der Waals surface area contributed by atoms with E-state index < -0.39 is 11.7 Å². The molecule has 8 nitrogen and oxygen atoms in total. The van der Waals surface area contributed by atoms with Crippen LogP contribution in [-0.4, -0.2) is 39.3 Å². The molecule has 1 unspecified atom stereocenters. The second kappa shape index (κ2) is 11.4. The molecule has 0 fully saturated rings. The zero-order chi connectivity index (χ0) is 26.6. The van der Waals surface area contributed by atoms with E-state index in [1.807, 2.05) is 63.2 Å². The summed E-state index contributed by atoms with van der Waals surface area (Å²) in [6, 6.07) is 13.7. The number of hydrogen-bond donors (Lipinski definition) is 2. The van der Waals surface area contributed by atoms with Crippen molar-refractivity contribution in [3.05, 3.63) is 70.4 Å². The number of alkyl carbamates (subject to hydrolysis) is 1. The van der Waals surface area contributed by atoms with Crippen molar-refractivity contribution in [1.82, 2.24) is 25.2 Å². The molecule has 0 aliphatic heterocycles. The molecule has 4 aromatic rings. The first-order chi connectivity index (χ1) is 17.6. The Kier molecular flexibility index (Phi) is 8.24. The Morgan fingerprint density at radius 1 is 1.11 bits per heavy atom. The van der Waals surface area contributed by atoms with Crippen molar-refractivity contribution in [2.75, 3.05) is 13.1 Å². The highest BCUT2D eigenvalue weighted by Gasteiger charge is 2.25. The van der Waals surface area contributed by atoms with E-state index in [9.17, 15) is 9.59 Å². The number of fused-ring (bicyclic) bond motifs is 3. The highest BCUT2D eigenvalue weighted by molar-refractivity contribution is 7.25. The van der Waals surface area contributed by atoms with E-state index in [2.05, 4.69) is 29.5 Å². The van der Waals surface area contributed by atoms with Crippen molar-refractivity contribution < 1.29 is 9.53 Å². The van der Waals surface area contributed by atoms with E-state index in [1.54, 1.807) is 10.8 Å². The molecule has 0 spiro atoms. The third kappa shape index (κ3) is 6.53. The number of pyridine rings is 1. The van der Waals surface area contributed by atoms with E-state index in [4.69, 9.17) is 9.72 Å². The van der Waals surface area contributed by atoms with Gasteiger partial charge in [-0.15, -0.1) is 11.3 Å². The van der Waals surface area contributed by atoms with Crippen LogP contribution in [0.3, 0.4) is 0 Å². The van der Waals surface area contributed by atoms with Crippen LogP contribution in [0, 0.1) is 5.92 Å². The number of thiophene rings is 1. The molecular formula is C28H35N5O3S. The van der Waals surface area contributed by atoms with Crippen LogP contribution in [-0.2, 0) is 11.3 Å². The minimum atomic E-state index is -0.529. The molecule has 0 saturated heterocycles. The van der Waals surface area contributed by atoms with Gasteiger partial charge in [0, 0.05) is 18.1 Å². The molecule has 37 heavy (non-hydrogen) atoms. The van der Waals surface area contributed by atoms with Crippen LogP contribution in [0.4, 0.5) is 4.79 Å². The average Bonchev–Trinajstić information content (AvgIpc) is 3.21. The zero-order valence-electron chi connectivity index (χ0n) is 22.1. The number of nitrogens with one attached hydrogen (secondary N) is 2. The summed E-state index contributed by atoms with van der Waals surface area (Å²) >= 11 is 1.39. The summed E-state index contributed by atoms with van der Waals surface area (Å²) < 4.78 is 7.72. The molecule has 1 amide bonds. The van der Waals surface area contributed by atoms with Gasteiger partial charge in [0.15, 0.2) is 0 Å². The topological polar surface area (TPSA) is 98.1 Å². The van der Waals surface area contributed by atoms with Gasteiger partial charge in [-0.1, -0.05) is 44.2 Å². The maximum Gasteiger partial charge on any atom is 0.407 e. The second-order valence-electron chi connectivity index (χ2n) is 10.4. The van der Waals surface area contributed by atoms with Crippen molar-refractivity contribution in [1.29, 1.82) is 0 Å². The first kappa shape index (κ1) is 26.8. The second-order valence-corrected chi connectivity index (χ2v) is 11.4. The molecule has 0 saturated carbocycles. The van der Waals surface area contributed by atoms with E-state index in [1.165, 1.54) is 11.3 Å². The van der Waals surface area contributed by atoms with Gasteiger partial charge >= 0.3 is 6.09 Å². The summed E-state index contributed by atoms with van der Waals surface area (Å²) in [6.45, 7) is 11.3. The van der Waals surface area contributed by atoms with Gasteiger partial charge in [0.2, 0.25) is 0 Å². The van der Waals surface area contributed by atoms with Crippen LogP contribution in [0.5, 0.6) is 0 Å². The lowest BCUT2D eigenvalue weighted by molar-refractivity contribution is 0.0527. The molecule has 196 valence electrons. The third-order valence-electron chi connectivity index (χ3n) is 5.90. The Labute approximate surface area is 221 Å². The van der Waals surface area contributed by atoms with Crippen LogP contribution in [0.25, 0.3) is 20.4 Å².